The molecule has 0 saturated heterocycles. The van der Waals surface area contributed by atoms with Crippen molar-refractivity contribution in [2.75, 3.05) is 12.5 Å². The van der Waals surface area contributed by atoms with E-state index in [1.807, 2.05) is 30.3 Å². The number of hydrogen-bond acceptors (Lipinski definition) is 4. The summed E-state index contributed by atoms with van der Waals surface area (Å²) in [6, 6.07) is 16.7. The van der Waals surface area contributed by atoms with E-state index in [1.165, 1.54) is 17.9 Å². The summed E-state index contributed by atoms with van der Waals surface area (Å²) in [6.45, 7) is 5.41. The van der Waals surface area contributed by atoms with Gasteiger partial charge >= 0.3 is 0 Å². The number of ketones is 2. The van der Waals surface area contributed by atoms with Gasteiger partial charge in [-0.15, -0.1) is 0 Å². The van der Waals surface area contributed by atoms with Crippen LogP contribution in [0.5, 0.6) is 5.75 Å². The Bertz CT molecular complexity index is 1080. The molecule has 1 N–H and O–H groups in total. The number of phenolic OH excluding ortho intramolecular Hbond substituents is 1. The second-order valence-electron chi connectivity index (χ2n) is 9.60. The van der Waals surface area contributed by atoms with Gasteiger partial charge in [-0.25, -0.2) is 0 Å². The Morgan fingerprint density at radius 1 is 1.03 bits per heavy atom. The summed E-state index contributed by atoms with van der Waals surface area (Å²) < 4.78 is 12.5. The van der Waals surface area contributed by atoms with Crippen LogP contribution in [0.4, 0.5) is 0 Å². The quantitative estimate of drug-likeness (QED) is 0.575. The average Bonchev–Trinajstić information content (AvgIpc) is 2.61. The van der Waals surface area contributed by atoms with Crippen LogP contribution in [0.15, 0.2) is 54.6 Å². The molecule has 0 heterocycles. The zero-order valence-electron chi connectivity index (χ0n) is 18.2. The van der Waals surface area contributed by atoms with Gasteiger partial charge in [-0.1, -0.05) is 69.3 Å². The van der Waals surface area contributed by atoms with Gasteiger partial charge in [0.15, 0.2) is 11.6 Å². The molecule has 1 aliphatic rings. The third-order valence-corrected chi connectivity index (χ3v) is 6.67. The van der Waals surface area contributed by atoms with Crippen LogP contribution in [-0.2, 0) is 19.1 Å². The molecule has 1 saturated carbocycles. The van der Waals surface area contributed by atoms with Gasteiger partial charge in [0.2, 0.25) is 0 Å². The van der Waals surface area contributed by atoms with Gasteiger partial charge in [-0.05, 0) is 39.1 Å². The fourth-order valence-electron chi connectivity index (χ4n) is 4.65. The molecule has 160 valence electrons. The van der Waals surface area contributed by atoms with Crippen molar-refractivity contribution in [1.29, 1.82) is 0 Å². The Morgan fingerprint density at radius 3 is 2.13 bits per heavy atom. The molecule has 1 fully saturated rings. The van der Waals surface area contributed by atoms with Gasteiger partial charge in [0.1, 0.15) is 11.2 Å². The van der Waals surface area contributed by atoms with Crippen molar-refractivity contribution in [1.82, 2.24) is 0 Å². The average molecular weight is 427 g/mol. The Hall–Kier alpha value is -2.40. The highest BCUT2D eigenvalue weighted by Gasteiger charge is 2.65. The summed E-state index contributed by atoms with van der Waals surface area (Å²) in [7, 11) is -2.50. The van der Waals surface area contributed by atoms with Crippen LogP contribution in [-0.4, -0.2) is 38.8 Å². The number of carbonyl (C=O) groups excluding carboxylic acids is 2. The number of phenols is 1. The van der Waals surface area contributed by atoms with E-state index in [1.54, 1.807) is 45.0 Å². The first-order chi connectivity index (χ1) is 13.9. The van der Waals surface area contributed by atoms with Crippen molar-refractivity contribution in [2.24, 2.45) is 10.8 Å². The summed E-state index contributed by atoms with van der Waals surface area (Å²) in [5.41, 5.74) is -0.525. The van der Waals surface area contributed by atoms with Crippen molar-refractivity contribution in [3.8, 4) is 5.75 Å². The zero-order chi connectivity index (χ0) is 22.3. The number of Topliss-reactive ketones (excluding diaryl/α,β-unsaturated/α-hetero) is 2. The summed E-state index contributed by atoms with van der Waals surface area (Å²) in [5.74, 6) is -1.15. The van der Waals surface area contributed by atoms with Crippen LogP contribution >= 0.6 is 0 Å². The Morgan fingerprint density at radius 2 is 1.60 bits per heavy atom. The van der Waals surface area contributed by atoms with Gasteiger partial charge in [0.25, 0.3) is 0 Å². The van der Waals surface area contributed by atoms with Crippen LogP contribution in [0.2, 0.25) is 0 Å². The monoisotopic (exact) mass is 426 g/mol. The second kappa shape index (κ2) is 7.69. The molecule has 2 aromatic carbocycles. The minimum Gasteiger partial charge on any atom is -0.508 e. The van der Waals surface area contributed by atoms with Crippen LogP contribution in [0.1, 0.15) is 50.2 Å². The maximum absolute atomic E-state index is 13.8. The van der Waals surface area contributed by atoms with Crippen LogP contribution in [0, 0.1) is 10.8 Å². The summed E-state index contributed by atoms with van der Waals surface area (Å²) in [5, 5.41) is 11.9. The number of hydrogen-bond donors (Lipinski definition) is 1. The van der Waals surface area contributed by atoms with Crippen molar-refractivity contribution in [2.45, 2.75) is 39.0 Å². The highest BCUT2D eigenvalue weighted by molar-refractivity contribution is 8.01. The van der Waals surface area contributed by atoms with E-state index in [4.69, 9.17) is 0 Å². The second-order valence-corrected chi connectivity index (χ2v) is 12.5. The van der Waals surface area contributed by atoms with Crippen LogP contribution in [0.3, 0.4) is 0 Å². The van der Waals surface area contributed by atoms with E-state index in [9.17, 15) is 18.9 Å². The van der Waals surface area contributed by atoms with Gasteiger partial charge in [-0.3, -0.25) is 13.8 Å². The molecule has 5 heteroatoms. The van der Waals surface area contributed by atoms with E-state index in [0.717, 1.165) is 5.56 Å². The maximum atomic E-state index is 13.8. The molecule has 0 amide bonds. The minimum atomic E-state index is -2.50. The zero-order valence-corrected chi connectivity index (χ0v) is 19.0. The van der Waals surface area contributed by atoms with E-state index in [0.29, 0.717) is 12.0 Å². The predicted octanol–water partition coefficient (Wildman–Crippen LogP) is 4.18. The molecule has 0 radical (unpaired) electrons. The molecule has 0 unspecified atom stereocenters. The molecule has 0 spiro atoms. The third-order valence-electron chi connectivity index (χ3n) is 5.89. The van der Waals surface area contributed by atoms with Crippen molar-refractivity contribution in [3.05, 3.63) is 65.7 Å². The molecule has 1 aliphatic carbocycles. The number of aromatic hydroxyl groups is 1. The van der Waals surface area contributed by atoms with E-state index >= 15 is 0 Å². The lowest BCUT2D eigenvalue weighted by Crippen LogP contribution is -2.59. The highest BCUT2D eigenvalue weighted by atomic mass is 32.2. The first-order valence-corrected chi connectivity index (χ1v) is 12.5. The van der Waals surface area contributed by atoms with Crippen molar-refractivity contribution < 1.29 is 18.9 Å². The van der Waals surface area contributed by atoms with Gasteiger partial charge < -0.3 is 5.11 Å². The highest BCUT2D eigenvalue weighted by Crippen LogP contribution is 2.65. The smallest absolute Gasteiger partial charge is 0.177 e. The normalized spacial score (nSPS) is 24.0. The predicted molar refractivity (Wildman–Crippen MR) is 123 cm³/mol. The molecule has 3 atom stereocenters. The van der Waals surface area contributed by atoms with Crippen LogP contribution < -0.4 is 0 Å². The van der Waals surface area contributed by atoms with Crippen molar-refractivity contribution in [3.63, 3.8) is 0 Å². The number of para-hydroxylation sites is 1. The number of carbonyl (C=O) groups is 2. The lowest BCUT2D eigenvalue weighted by atomic mass is 9.45. The summed E-state index contributed by atoms with van der Waals surface area (Å²) in [6.07, 6.45) is 3.34. The standard InChI is InChI=1S/C25H30O4S/c1-24(2,3)23(28)25(21(27)16-30(4,5)29)15-19(17-11-7-6-8-12-17)22(25)18-13-9-10-14-20(18)26/h6-14,16,19,22,26H,15H2,1-5H3/t19-,22-,25+/m1/s1. The van der Waals surface area contributed by atoms with E-state index < -0.39 is 32.1 Å². The first kappa shape index (κ1) is 22.3. The number of benzene rings is 2. The Labute approximate surface area is 179 Å². The minimum absolute atomic E-state index is 0.0655. The van der Waals surface area contributed by atoms with Gasteiger partial charge in [0, 0.05) is 29.2 Å². The van der Waals surface area contributed by atoms with Crippen molar-refractivity contribution >= 4 is 26.5 Å². The largest absolute Gasteiger partial charge is 0.508 e. The van der Waals surface area contributed by atoms with Gasteiger partial charge in [0.05, 0.1) is 0 Å². The molecule has 30 heavy (non-hydrogen) atoms. The fraction of sp³-hybridized carbons (Fsp3) is 0.400. The molecule has 2 aromatic rings. The van der Waals surface area contributed by atoms with Gasteiger partial charge in [-0.2, -0.15) is 0 Å². The fourth-order valence-corrected chi connectivity index (χ4v) is 5.38. The van der Waals surface area contributed by atoms with Crippen LogP contribution in [0.25, 0.3) is 0 Å². The van der Waals surface area contributed by atoms with E-state index in [2.05, 4.69) is 0 Å². The molecular weight excluding hydrogens is 396 g/mol. The molecule has 0 aromatic heterocycles. The molecular formula is C25H30O4S. The maximum Gasteiger partial charge on any atom is 0.177 e. The Balaban J connectivity index is 2.27. The Kier molecular flexibility index (Phi) is 5.72. The lowest BCUT2D eigenvalue weighted by Gasteiger charge is -2.55. The lowest BCUT2D eigenvalue weighted by molar-refractivity contribution is -0.152. The molecule has 0 aliphatic heterocycles. The third kappa shape index (κ3) is 3.95. The first-order valence-electron chi connectivity index (χ1n) is 10.1. The van der Waals surface area contributed by atoms with E-state index in [-0.39, 0.29) is 17.5 Å². The topological polar surface area (TPSA) is 71.4 Å². The molecule has 3 rings (SSSR count). The summed E-state index contributed by atoms with van der Waals surface area (Å²) >= 11 is 0. The molecule has 0 bridgehead atoms. The molecule has 4 nitrogen and oxygen atoms in total. The number of rotatable bonds is 5. The summed E-state index contributed by atoms with van der Waals surface area (Å²) in [4.78, 5) is 27.3. The SMILES string of the molecule is CC(C)(C)C(=O)[C@]1(C(=O)C=S(C)(C)=O)C[C@H](c2ccccc2)[C@H]1c1ccccc1O.